The van der Waals surface area contributed by atoms with E-state index in [9.17, 15) is 39.6 Å². The normalized spacial score (nSPS) is 12.4. The standard InChI is InChI=1S/C13H18N4O9/c14-2-5-8(20)7(10(22)16-5)6(19)1-13(11(23)24,12(25)26)17-9(21)4(15)3-18/h4,16,18,20,22H,1-3,14-15H2,(H,17,21)(H,23,24)(H,25,26)/t4-/m0/s1. The van der Waals surface area contributed by atoms with E-state index in [1.54, 1.807) is 5.32 Å². The van der Waals surface area contributed by atoms with Crippen LogP contribution in [0.4, 0.5) is 0 Å². The van der Waals surface area contributed by atoms with Crippen molar-refractivity contribution in [3.8, 4) is 11.6 Å². The summed E-state index contributed by atoms with van der Waals surface area (Å²) in [5.74, 6) is -8.49. The average Bonchev–Trinajstić information content (AvgIpc) is 2.86. The summed E-state index contributed by atoms with van der Waals surface area (Å²) in [6.07, 6.45) is -1.37. The second kappa shape index (κ2) is 7.81. The van der Waals surface area contributed by atoms with E-state index in [-0.39, 0.29) is 12.2 Å². The lowest BCUT2D eigenvalue weighted by molar-refractivity contribution is -0.161. The number of rotatable bonds is 9. The lowest BCUT2D eigenvalue weighted by atomic mass is 9.90. The van der Waals surface area contributed by atoms with E-state index >= 15 is 0 Å². The molecule has 0 aliphatic carbocycles. The van der Waals surface area contributed by atoms with Gasteiger partial charge >= 0.3 is 11.9 Å². The summed E-state index contributed by atoms with van der Waals surface area (Å²) in [5.41, 5.74) is 6.40. The van der Waals surface area contributed by atoms with Gasteiger partial charge in [0.1, 0.15) is 11.6 Å². The molecule has 1 aromatic heterocycles. The molecule has 1 aromatic rings. The van der Waals surface area contributed by atoms with Crippen LogP contribution < -0.4 is 16.8 Å². The average molecular weight is 374 g/mol. The van der Waals surface area contributed by atoms with E-state index in [2.05, 4.69) is 4.98 Å². The number of aliphatic hydroxyl groups excluding tert-OH is 1. The Morgan fingerprint density at radius 1 is 1.15 bits per heavy atom. The summed E-state index contributed by atoms with van der Waals surface area (Å²) in [5, 5.41) is 48.5. The second-order valence-corrected chi connectivity index (χ2v) is 5.27. The predicted octanol–water partition coefficient (Wildman–Crippen LogP) is -3.20. The third-order valence-electron chi connectivity index (χ3n) is 3.54. The lowest BCUT2D eigenvalue weighted by Crippen LogP contribution is -2.64. The van der Waals surface area contributed by atoms with Gasteiger partial charge in [0.15, 0.2) is 11.5 Å². The number of carbonyl (C=O) groups excluding carboxylic acids is 2. The van der Waals surface area contributed by atoms with Crippen LogP contribution in [-0.2, 0) is 20.9 Å². The number of nitrogens with one attached hydrogen (secondary N) is 2. The summed E-state index contributed by atoms with van der Waals surface area (Å²) in [7, 11) is 0. The van der Waals surface area contributed by atoms with Crippen LogP contribution in [0.15, 0.2) is 0 Å². The van der Waals surface area contributed by atoms with Gasteiger partial charge < -0.3 is 47.3 Å². The van der Waals surface area contributed by atoms with Crippen molar-refractivity contribution in [2.75, 3.05) is 6.61 Å². The van der Waals surface area contributed by atoms with Gasteiger partial charge in [-0.2, -0.15) is 0 Å². The Morgan fingerprint density at radius 3 is 2.08 bits per heavy atom. The Labute approximate surface area is 145 Å². The molecule has 1 amide bonds. The molecule has 0 fully saturated rings. The summed E-state index contributed by atoms with van der Waals surface area (Å²) in [6, 6.07) is -1.64. The van der Waals surface area contributed by atoms with Gasteiger partial charge in [0.25, 0.3) is 0 Å². The third-order valence-corrected chi connectivity index (χ3v) is 3.54. The number of aliphatic hydroxyl groups is 1. The maximum atomic E-state index is 12.3. The quantitative estimate of drug-likeness (QED) is 0.154. The number of carboxylic acid groups (broad SMARTS) is 2. The van der Waals surface area contributed by atoms with E-state index in [0.717, 1.165) is 0 Å². The fraction of sp³-hybridized carbons (Fsp3) is 0.385. The number of aromatic hydroxyl groups is 2. The van der Waals surface area contributed by atoms with Crippen molar-refractivity contribution in [2.45, 2.75) is 24.5 Å². The highest BCUT2D eigenvalue weighted by Gasteiger charge is 2.51. The predicted molar refractivity (Wildman–Crippen MR) is 82.2 cm³/mol. The number of ketones is 1. The molecule has 0 aromatic carbocycles. The lowest BCUT2D eigenvalue weighted by Gasteiger charge is -2.26. The maximum absolute atomic E-state index is 12.3. The van der Waals surface area contributed by atoms with Crippen LogP contribution in [0.1, 0.15) is 22.5 Å². The first-order chi connectivity index (χ1) is 12.0. The molecule has 1 atom stereocenters. The highest BCUT2D eigenvalue weighted by atomic mass is 16.4. The number of carboxylic acids is 2. The number of nitrogens with two attached hydrogens (primary N) is 2. The SMILES string of the molecule is NCc1[nH]c(O)c(C(=O)CC(NC(=O)[C@@H](N)CO)(C(=O)O)C(=O)O)c1O. The van der Waals surface area contributed by atoms with Crippen molar-refractivity contribution < 1.29 is 44.7 Å². The third kappa shape index (κ3) is 3.74. The molecule has 0 unspecified atom stereocenters. The molecule has 0 saturated heterocycles. The van der Waals surface area contributed by atoms with Gasteiger partial charge in [-0.25, -0.2) is 9.59 Å². The number of aromatic nitrogens is 1. The topological polar surface area (TPSA) is 249 Å². The van der Waals surface area contributed by atoms with E-state index in [0.29, 0.717) is 0 Å². The molecule has 0 saturated carbocycles. The number of Topliss-reactive ketones (excluding diaryl/α,β-unsaturated/α-hetero) is 1. The number of carbonyl (C=O) groups is 4. The minimum Gasteiger partial charge on any atom is -0.505 e. The zero-order chi connectivity index (χ0) is 20.2. The fourth-order valence-electron chi connectivity index (χ4n) is 2.05. The van der Waals surface area contributed by atoms with E-state index in [1.165, 1.54) is 0 Å². The summed E-state index contributed by atoms with van der Waals surface area (Å²) in [6.45, 7) is -1.22. The van der Waals surface area contributed by atoms with Gasteiger partial charge in [-0.3, -0.25) is 9.59 Å². The number of aliphatic carboxylic acids is 2. The molecule has 26 heavy (non-hydrogen) atoms. The van der Waals surface area contributed by atoms with Crippen LogP contribution in [0, 0.1) is 0 Å². The molecular weight excluding hydrogens is 356 g/mol. The molecular formula is C13H18N4O9. The summed E-state index contributed by atoms with van der Waals surface area (Å²) < 4.78 is 0. The Morgan fingerprint density at radius 2 is 1.69 bits per heavy atom. The molecule has 0 radical (unpaired) electrons. The molecule has 0 aliphatic heterocycles. The van der Waals surface area contributed by atoms with Gasteiger partial charge in [-0.1, -0.05) is 0 Å². The highest BCUT2D eigenvalue weighted by molar-refractivity contribution is 6.13. The smallest absolute Gasteiger partial charge is 0.341 e. The number of aromatic amines is 1. The van der Waals surface area contributed by atoms with Crippen LogP contribution in [0.2, 0.25) is 0 Å². The minimum atomic E-state index is -3.15. The number of amides is 1. The Hall–Kier alpha value is -3.16. The monoisotopic (exact) mass is 374 g/mol. The fourth-order valence-corrected chi connectivity index (χ4v) is 2.05. The van der Waals surface area contributed by atoms with Crippen LogP contribution in [0.3, 0.4) is 0 Å². The van der Waals surface area contributed by atoms with E-state index in [1.807, 2.05) is 0 Å². The molecule has 1 rings (SSSR count). The summed E-state index contributed by atoms with van der Waals surface area (Å²) in [4.78, 5) is 49.3. The van der Waals surface area contributed by atoms with Gasteiger partial charge in [0, 0.05) is 6.54 Å². The number of hydrogen-bond donors (Lipinski definition) is 9. The Kier molecular flexibility index (Phi) is 6.28. The number of H-pyrrole nitrogens is 1. The second-order valence-electron chi connectivity index (χ2n) is 5.27. The van der Waals surface area contributed by atoms with Crippen LogP contribution in [0.5, 0.6) is 11.6 Å². The zero-order valence-corrected chi connectivity index (χ0v) is 13.2. The van der Waals surface area contributed by atoms with Crippen molar-refractivity contribution in [2.24, 2.45) is 11.5 Å². The van der Waals surface area contributed by atoms with Crippen LogP contribution in [-0.4, -0.2) is 72.3 Å². The van der Waals surface area contributed by atoms with Crippen molar-refractivity contribution in [3.63, 3.8) is 0 Å². The first-order valence-electron chi connectivity index (χ1n) is 7.03. The van der Waals surface area contributed by atoms with E-state index < -0.39 is 65.4 Å². The number of hydrogen-bond acceptors (Lipinski definition) is 9. The van der Waals surface area contributed by atoms with Gasteiger partial charge in [0.2, 0.25) is 17.3 Å². The highest BCUT2D eigenvalue weighted by Crippen LogP contribution is 2.33. The van der Waals surface area contributed by atoms with Crippen molar-refractivity contribution in [3.05, 3.63) is 11.3 Å². The molecule has 1 heterocycles. The molecule has 0 aliphatic rings. The molecule has 13 heteroatoms. The first kappa shape index (κ1) is 20.9. The molecule has 0 bridgehead atoms. The van der Waals surface area contributed by atoms with Crippen molar-refractivity contribution >= 4 is 23.6 Å². The minimum absolute atomic E-state index is 0.145. The molecule has 144 valence electrons. The summed E-state index contributed by atoms with van der Waals surface area (Å²) >= 11 is 0. The Bertz CT molecular complexity index is 728. The zero-order valence-electron chi connectivity index (χ0n) is 13.2. The van der Waals surface area contributed by atoms with Crippen molar-refractivity contribution in [1.29, 1.82) is 0 Å². The van der Waals surface area contributed by atoms with Gasteiger partial charge in [0.05, 0.1) is 18.7 Å². The van der Waals surface area contributed by atoms with Gasteiger partial charge in [-0.15, -0.1) is 0 Å². The molecule has 13 nitrogen and oxygen atoms in total. The molecule has 0 spiro atoms. The largest absolute Gasteiger partial charge is 0.505 e. The van der Waals surface area contributed by atoms with Gasteiger partial charge in [-0.05, 0) is 0 Å². The Balaban J connectivity index is 3.32. The van der Waals surface area contributed by atoms with Crippen LogP contribution >= 0.6 is 0 Å². The molecule has 11 N–H and O–H groups in total. The van der Waals surface area contributed by atoms with E-state index in [4.69, 9.17) is 16.6 Å². The van der Waals surface area contributed by atoms with Crippen molar-refractivity contribution in [1.82, 2.24) is 10.3 Å². The van der Waals surface area contributed by atoms with Crippen LogP contribution in [0.25, 0.3) is 0 Å². The maximum Gasteiger partial charge on any atom is 0.341 e. The first-order valence-corrected chi connectivity index (χ1v) is 7.03.